The van der Waals surface area contributed by atoms with Crippen molar-refractivity contribution >= 4 is 5.97 Å². The second kappa shape index (κ2) is 5.27. The average Bonchev–Trinajstić information content (AvgIpc) is 2.73. The first-order valence-corrected chi connectivity index (χ1v) is 5.65. The number of nitrogens with one attached hydrogen (secondary N) is 2. The van der Waals surface area contributed by atoms with Crippen molar-refractivity contribution in [2.45, 2.75) is 24.9 Å². The van der Waals surface area contributed by atoms with Gasteiger partial charge in [-0.15, -0.1) is 0 Å². The van der Waals surface area contributed by atoms with Gasteiger partial charge in [-0.1, -0.05) is 24.3 Å². The van der Waals surface area contributed by atoms with Crippen LogP contribution in [0.3, 0.4) is 0 Å². The molecule has 1 aliphatic carbocycles. The average molecular weight is 236 g/mol. The number of hydrazine groups is 1. The zero-order valence-electron chi connectivity index (χ0n) is 9.39. The van der Waals surface area contributed by atoms with Gasteiger partial charge in [-0.3, -0.25) is 4.79 Å². The van der Waals surface area contributed by atoms with E-state index in [-0.39, 0.29) is 6.04 Å². The van der Waals surface area contributed by atoms with Gasteiger partial charge in [0.15, 0.2) is 0 Å². The fourth-order valence-electron chi connectivity index (χ4n) is 2.09. The monoisotopic (exact) mass is 236 g/mol. The fraction of sp³-hybridized carbons (Fsp3) is 0.417. The molecule has 0 aromatic heterocycles. The number of aliphatic hydroxyl groups is 1. The van der Waals surface area contributed by atoms with Gasteiger partial charge in [0, 0.05) is 6.04 Å². The van der Waals surface area contributed by atoms with Gasteiger partial charge in [0.05, 0.1) is 6.61 Å². The van der Waals surface area contributed by atoms with Crippen LogP contribution in [0.15, 0.2) is 24.3 Å². The third-order valence-corrected chi connectivity index (χ3v) is 3.05. The molecule has 0 amide bonds. The quantitative estimate of drug-likeness (QED) is 0.550. The first-order chi connectivity index (χ1) is 8.22. The Morgan fingerprint density at radius 2 is 2.24 bits per heavy atom. The second-order valence-electron chi connectivity index (χ2n) is 4.15. The van der Waals surface area contributed by atoms with Crippen molar-refractivity contribution in [2.24, 2.45) is 0 Å². The van der Waals surface area contributed by atoms with Gasteiger partial charge in [-0.25, -0.2) is 10.9 Å². The largest absolute Gasteiger partial charge is 0.480 e. The summed E-state index contributed by atoms with van der Waals surface area (Å²) < 4.78 is 0. The van der Waals surface area contributed by atoms with E-state index in [0.717, 1.165) is 12.8 Å². The highest BCUT2D eigenvalue weighted by Gasteiger charge is 2.23. The van der Waals surface area contributed by atoms with Crippen molar-refractivity contribution in [3.05, 3.63) is 35.4 Å². The van der Waals surface area contributed by atoms with Crippen LogP contribution in [-0.2, 0) is 11.2 Å². The van der Waals surface area contributed by atoms with E-state index >= 15 is 0 Å². The zero-order valence-corrected chi connectivity index (χ0v) is 9.39. The van der Waals surface area contributed by atoms with Crippen molar-refractivity contribution in [3.8, 4) is 0 Å². The second-order valence-corrected chi connectivity index (χ2v) is 4.15. The van der Waals surface area contributed by atoms with Crippen LogP contribution in [0.4, 0.5) is 0 Å². The minimum Gasteiger partial charge on any atom is -0.480 e. The Morgan fingerprint density at radius 3 is 2.94 bits per heavy atom. The number of fused-ring (bicyclic) bond motifs is 1. The highest BCUT2D eigenvalue weighted by atomic mass is 16.4. The molecule has 1 aliphatic rings. The molecule has 0 saturated heterocycles. The first-order valence-electron chi connectivity index (χ1n) is 5.65. The van der Waals surface area contributed by atoms with E-state index in [1.54, 1.807) is 0 Å². The van der Waals surface area contributed by atoms with E-state index in [9.17, 15) is 4.79 Å². The molecule has 0 saturated carbocycles. The number of hydrogen-bond acceptors (Lipinski definition) is 4. The number of rotatable bonds is 5. The van der Waals surface area contributed by atoms with Crippen LogP contribution >= 0.6 is 0 Å². The smallest absolute Gasteiger partial charge is 0.324 e. The normalized spacial score (nSPS) is 19.9. The summed E-state index contributed by atoms with van der Waals surface area (Å²) in [5, 5.41) is 17.7. The van der Waals surface area contributed by atoms with Crippen LogP contribution in [0.25, 0.3) is 0 Å². The Hall–Kier alpha value is -1.43. The van der Waals surface area contributed by atoms with E-state index < -0.39 is 18.6 Å². The Morgan fingerprint density at radius 1 is 1.47 bits per heavy atom. The number of aliphatic hydroxyl groups excluding tert-OH is 1. The fourth-order valence-corrected chi connectivity index (χ4v) is 2.09. The molecule has 0 aliphatic heterocycles. The molecule has 1 aromatic rings. The number of benzene rings is 1. The minimum atomic E-state index is -1.06. The van der Waals surface area contributed by atoms with Gasteiger partial charge in [0.2, 0.25) is 0 Å². The number of hydrogen-bond donors (Lipinski definition) is 4. The number of carbonyl (C=O) groups is 1. The van der Waals surface area contributed by atoms with Crippen LogP contribution < -0.4 is 10.9 Å². The Balaban J connectivity index is 1.96. The van der Waals surface area contributed by atoms with E-state index in [2.05, 4.69) is 16.9 Å². The van der Waals surface area contributed by atoms with Crippen molar-refractivity contribution in [1.29, 1.82) is 0 Å². The van der Waals surface area contributed by atoms with E-state index in [1.807, 2.05) is 18.2 Å². The Bertz CT molecular complexity index is 408. The summed E-state index contributed by atoms with van der Waals surface area (Å²) in [6.45, 7) is -0.434. The predicted molar refractivity (Wildman–Crippen MR) is 62.3 cm³/mol. The zero-order chi connectivity index (χ0) is 12.3. The molecule has 0 radical (unpaired) electrons. The molecular weight excluding hydrogens is 220 g/mol. The van der Waals surface area contributed by atoms with Gasteiger partial charge in [0.25, 0.3) is 0 Å². The Labute approximate surface area is 99.4 Å². The van der Waals surface area contributed by atoms with Crippen LogP contribution in [0, 0.1) is 0 Å². The lowest BCUT2D eigenvalue weighted by molar-refractivity contribution is -0.140. The van der Waals surface area contributed by atoms with Gasteiger partial charge in [0.1, 0.15) is 6.04 Å². The minimum absolute atomic E-state index is 0.111. The lowest BCUT2D eigenvalue weighted by atomic mass is 10.1. The third kappa shape index (κ3) is 2.63. The highest BCUT2D eigenvalue weighted by Crippen LogP contribution is 2.29. The van der Waals surface area contributed by atoms with E-state index in [1.165, 1.54) is 11.1 Å². The summed E-state index contributed by atoms with van der Waals surface area (Å²) in [7, 11) is 0. The van der Waals surface area contributed by atoms with E-state index in [0.29, 0.717) is 0 Å². The molecule has 4 N–H and O–H groups in total. The number of carboxylic acid groups (broad SMARTS) is 1. The van der Waals surface area contributed by atoms with E-state index in [4.69, 9.17) is 10.2 Å². The number of aryl methyl sites for hydroxylation is 1. The topological polar surface area (TPSA) is 81.6 Å². The summed E-state index contributed by atoms with van der Waals surface area (Å²) in [4.78, 5) is 10.7. The molecular formula is C12H16N2O3. The molecule has 1 aromatic carbocycles. The summed E-state index contributed by atoms with van der Waals surface area (Å²) in [6.07, 6.45) is 1.93. The van der Waals surface area contributed by atoms with Crippen molar-refractivity contribution in [3.63, 3.8) is 0 Å². The van der Waals surface area contributed by atoms with Crippen LogP contribution in [0.1, 0.15) is 23.6 Å². The maximum Gasteiger partial charge on any atom is 0.324 e. The van der Waals surface area contributed by atoms with Crippen LogP contribution in [0.2, 0.25) is 0 Å². The maximum atomic E-state index is 10.7. The lowest BCUT2D eigenvalue weighted by Gasteiger charge is -2.18. The van der Waals surface area contributed by atoms with Gasteiger partial charge < -0.3 is 10.2 Å². The molecule has 92 valence electrons. The number of carboxylic acids is 1. The molecule has 17 heavy (non-hydrogen) atoms. The number of aliphatic carboxylic acids is 1. The SMILES string of the molecule is O=C(O)C(CO)NNC1CCc2ccccc21. The molecule has 5 heteroatoms. The molecule has 0 heterocycles. The molecule has 5 nitrogen and oxygen atoms in total. The van der Waals surface area contributed by atoms with Gasteiger partial charge >= 0.3 is 5.97 Å². The van der Waals surface area contributed by atoms with Gasteiger partial charge in [-0.2, -0.15) is 0 Å². The summed E-state index contributed by atoms with van der Waals surface area (Å²) in [5.41, 5.74) is 8.12. The predicted octanol–water partition coefficient (Wildman–Crippen LogP) is 0.214. The molecule has 0 spiro atoms. The molecule has 2 atom stereocenters. The summed E-state index contributed by atoms with van der Waals surface area (Å²) >= 11 is 0. The molecule has 2 unspecified atom stereocenters. The molecule has 2 rings (SSSR count). The van der Waals surface area contributed by atoms with Crippen molar-refractivity contribution < 1.29 is 15.0 Å². The maximum absolute atomic E-state index is 10.7. The standard InChI is InChI=1S/C12H16N2O3/c15-7-11(12(16)17)14-13-10-6-5-8-3-1-2-4-9(8)10/h1-4,10-11,13-15H,5-7H2,(H,16,17). The summed E-state index contributed by atoms with van der Waals surface area (Å²) in [5.74, 6) is -1.06. The molecule has 0 fully saturated rings. The summed E-state index contributed by atoms with van der Waals surface area (Å²) in [6, 6.07) is 7.23. The van der Waals surface area contributed by atoms with Crippen LogP contribution in [0.5, 0.6) is 0 Å². The first kappa shape index (κ1) is 12.0. The Kier molecular flexibility index (Phi) is 3.73. The van der Waals surface area contributed by atoms with Crippen molar-refractivity contribution in [1.82, 2.24) is 10.9 Å². The molecule has 0 bridgehead atoms. The highest BCUT2D eigenvalue weighted by molar-refractivity contribution is 5.73. The van der Waals surface area contributed by atoms with Crippen LogP contribution in [-0.4, -0.2) is 28.8 Å². The third-order valence-electron chi connectivity index (χ3n) is 3.05. The van der Waals surface area contributed by atoms with Gasteiger partial charge in [-0.05, 0) is 24.0 Å². The lowest BCUT2D eigenvalue weighted by Crippen LogP contribution is -2.48. The van der Waals surface area contributed by atoms with Crippen molar-refractivity contribution in [2.75, 3.05) is 6.61 Å².